The largest absolute Gasteiger partial charge is 0.339 e. The van der Waals surface area contributed by atoms with Gasteiger partial charge in [0.1, 0.15) is 0 Å². The van der Waals surface area contributed by atoms with E-state index in [0.29, 0.717) is 38.2 Å². The van der Waals surface area contributed by atoms with Crippen molar-refractivity contribution in [3.05, 3.63) is 64.5 Å². The molecular formula is C21H25N3O2. The molecule has 2 heterocycles. The number of carbonyl (C=O) groups is 2. The molecule has 26 heavy (non-hydrogen) atoms. The van der Waals surface area contributed by atoms with Crippen LogP contribution in [0.5, 0.6) is 0 Å². The van der Waals surface area contributed by atoms with Crippen LogP contribution in [0, 0.1) is 20.8 Å². The van der Waals surface area contributed by atoms with Gasteiger partial charge in [0.15, 0.2) is 0 Å². The van der Waals surface area contributed by atoms with E-state index in [9.17, 15) is 9.59 Å². The first-order valence-electron chi connectivity index (χ1n) is 8.99. The van der Waals surface area contributed by atoms with Gasteiger partial charge in [0.05, 0.1) is 6.42 Å². The molecule has 0 unspecified atom stereocenters. The van der Waals surface area contributed by atoms with Crippen LogP contribution in [0.25, 0.3) is 0 Å². The number of aryl methyl sites for hydroxylation is 3. The van der Waals surface area contributed by atoms with Gasteiger partial charge in [0.2, 0.25) is 5.91 Å². The smallest absolute Gasteiger partial charge is 0.254 e. The van der Waals surface area contributed by atoms with Crippen LogP contribution in [-0.4, -0.2) is 52.8 Å². The molecule has 1 aliphatic rings. The Hall–Kier alpha value is -2.69. The topological polar surface area (TPSA) is 53.5 Å². The molecule has 0 saturated carbocycles. The highest BCUT2D eigenvalue weighted by Gasteiger charge is 2.25. The minimum Gasteiger partial charge on any atom is -0.339 e. The van der Waals surface area contributed by atoms with Gasteiger partial charge < -0.3 is 9.80 Å². The molecule has 5 nitrogen and oxygen atoms in total. The maximum absolute atomic E-state index is 12.7. The third-order valence-corrected chi connectivity index (χ3v) is 5.02. The van der Waals surface area contributed by atoms with Gasteiger partial charge >= 0.3 is 0 Å². The fraction of sp³-hybridized carbons (Fsp3) is 0.381. The summed E-state index contributed by atoms with van der Waals surface area (Å²) in [7, 11) is 0. The summed E-state index contributed by atoms with van der Waals surface area (Å²) in [5, 5.41) is 0. The Balaban J connectivity index is 1.60. The third-order valence-electron chi connectivity index (χ3n) is 5.02. The number of hydrogen-bond acceptors (Lipinski definition) is 3. The van der Waals surface area contributed by atoms with Gasteiger partial charge in [-0.05, 0) is 49.6 Å². The van der Waals surface area contributed by atoms with Crippen molar-refractivity contribution in [2.24, 2.45) is 0 Å². The van der Waals surface area contributed by atoms with Gasteiger partial charge in [0, 0.05) is 44.1 Å². The van der Waals surface area contributed by atoms with Gasteiger partial charge in [-0.3, -0.25) is 14.6 Å². The molecule has 0 atom stereocenters. The second-order valence-electron chi connectivity index (χ2n) is 6.96. The molecule has 3 rings (SSSR count). The second-order valence-corrected chi connectivity index (χ2v) is 6.96. The first-order valence-corrected chi connectivity index (χ1v) is 8.99. The van der Waals surface area contributed by atoms with E-state index in [2.05, 4.69) is 37.9 Å². The normalized spacial score (nSPS) is 14.4. The number of benzene rings is 1. The molecular weight excluding hydrogens is 326 g/mol. The van der Waals surface area contributed by atoms with Crippen LogP contribution in [0.1, 0.15) is 32.6 Å². The lowest BCUT2D eigenvalue weighted by Gasteiger charge is -2.35. The molecule has 2 aromatic rings. The predicted octanol–water partition coefficient (Wildman–Crippen LogP) is 2.53. The molecule has 2 amide bonds. The number of rotatable bonds is 3. The summed E-state index contributed by atoms with van der Waals surface area (Å²) in [6.45, 7) is 8.50. The van der Waals surface area contributed by atoms with Crippen molar-refractivity contribution in [3.63, 3.8) is 0 Å². The van der Waals surface area contributed by atoms with E-state index < -0.39 is 0 Å². The van der Waals surface area contributed by atoms with Crippen LogP contribution in [0.3, 0.4) is 0 Å². The summed E-state index contributed by atoms with van der Waals surface area (Å²) in [5.41, 5.74) is 5.32. The number of aromatic nitrogens is 1. The SMILES string of the molecule is Cc1cc(C)c(CC(=O)N2CCN(C(=O)c3ccncc3)CC2)c(C)c1. The maximum Gasteiger partial charge on any atom is 0.254 e. The van der Waals surface area contributed by atoms with Crippen LogP contribution in [-0.2, 0) is 11.2 Å². The lowest BCUT2D eigenvalue weighted by molar-refractivity contribution is -0.131. The number of piperazine rings is 1. The van der Waals surface area contributed by atoms with Crippen molar-refractivity contribution in [3.8, 4) is 0 Å². The molecule has 1 aromatic heterocycles. The number of amides is 2. The van der Waals surface area contributed by atoms with Gasteiger partial charge in [-0.15, -0.1) is 0 Å². The molecule has 0 bridgehead atoms. The first-order chi connectivity index (χ1) is 12.5. The van der Waals surface area contributed by atoms with E-state index in [-0.39, 0.29) is 11.8 Å². The van der Waals surface area contributed by atoms with Crippen LogP contribution >= 0.6 is 0 Å². The predicted molar refractivity (Wildman–Crippen MR) is 101 cm³/mol. The number of hydrogen-bond donors (Lipinski definition) is 0. The van der Waals surface area contributed by atoms with Gasteiger partial charge in [0.25, 0.3) is 5.91 Å². The summed E-state index contributed by atoms with van der Waals surface area (Å²) in [5.74, 6) is 0.140. The second kappa shape index (κ2) is 7.68. The van der Waals surface area contributed by atoms with E-state index in [4.69, 9.17) is 0 Å². The Labute approximate surface area is 154 Å². The van der Waals surface area contributed by atoms with Crippen LogP contribution in [0.4, 0.5) is 0 Å². The fourth-order valence-electron chi connectivity index (χ4n) is 3.59. The summed E-state index contributed by atoms with van der Waals surface area (Å²) in [4.78, 5) is 32.8. The summed E-state index contributed by atoms with van der Waals surface area (Å²) >= 11 is 0. The maximum atomic E-state index is 12.7. The summed E-state index contributed by atoms with van der Waals surface area (Å²) in [6.07, 6.45) is 3.68. The Morgan fingerprint density at radius 2 is 1.46 bits per heavy atom. The number of nitrogens with zero attached hydrogens (tertiary/aromatic N) is 3. The molecule has 1 aliphatic heterocycles. The Bertz CT molecular complexity index is 786. The van der Waals surface area contributed by atoms with Gasteiger partial charge in [-0.25, -0.2) is 0 Å². The first kappa shape index (κ1) is 18.1. The van der Waals surface area contributed by atoms with Crippen molar-refractivity contribution in [2.75, 3.05) is 26.2 Å². The zero-order chi connectivity index (χ0) is 18.7. The van der Waals surface area contributed by atoms with E-state index in [0.717, 1.165) is 5.56 Å². The highest BCUT2D eigenvalue weighted by Crippen LogP contribution is 2.18. The molecule has 5 heteroatoms. The average molecular weight is 351 g/mol. The lowest BCUT2D eigenvalue weighted by atomic mass is 9.97. The van der Waals surface area contributed by atoms with Gasteiger partial charge in [-0.2, -0.15) is 0 Å². The summed E-state index contributed by atoms with van der Waals surface area (Å²) < 4.78 is 0. The highest BCUT2D eigenvalue weighted by molar-refractivity contribution is 5.94. The molecule has 0 N–H and O–H groups in total. The fourth-order valence-corrected chi connectivity index (χ4v) is 3.59. The number of pyridine rings is 1. The van der Waals surface area contributed by atoms with Crippen molar-refractivity contribution in [1.82, 2.24) is 14.8 Å². The van der Waals surface area contributed by atoms with Crippen molar-refractivity contribution in [1.29, 1.82) is 0 Å². The molecule has 0 radical (unpaired) electrons. The Morgan fingerprint density at radius 3 is 2.04 bits per heavy atom. The molecule has 1 fully saturated rings. The monoisotopic (exact) mass is 351 g/mol. The standard InChI is InChI=1S/C21H25N3O2/c1-15-12-16(2)19(17(3)13-15)14-20(25)23-8-10-24(11-9-23)21(26)18-4-6-22-7-5-18/h4-7,12-13H,8-11,14H2,1-3H3. The van der Waals surface area contributed by atoms with E-state index in [1.807, 2.05) is 9.80 Å². The Morgan fingerprint density at radius 1 is 0.923 bits per heavy atom. The van der Waals surface area contributed by atoms with Crippen molar-refractivity contribution >= 4 is 11.8 Å². The molecule has 0 aliphatic carbocycles. The van der Waals surface area contributed by atoms with Gasteiger partial charge in [-0.1, -0.05) is 17.7 Å². The van der Waals surface area contributed by atoms with E-state index >= 15 is 0 Å². The zero-order valence-electron chi connectivity index (χ0n) is 15.7. The molecule has 1 saturated heterocycles. The molecule has 0 spiro atoms. The van der Waals surface area contributed by atoms with E-state index in [1.165, 1.54) is 16.7 Å². The highest BCUT2D eigenvalue weighted by atomic mass is 16.2. The van der Waals surface area contributed by atoms with Crippen LogP contribution < -0.4 is 0 Å². The summed E-state index contributed by atoms with van der Waals surface area (Å²) in [6, 6.07) is 7.70. The zero-order valence-corrected chi connectivity index (χ0v) is 15.7. The third kappa shape index (κ3) is 3.93. The quantitative estimate of drug-likeness (QED) is 0.854. The average Bonchev–Trinajstić information content (AvgIpc) is 2.64. The van der Waals surface area contributed by atoms with E-state index in [1.54, 1.807) is 24.5 Å². The minimum atomic E-state index is 0.00437. The van der Waals surface area contributed by atoms with Crippen molar-refractivity contribution < 1.29 is 9.59 Å². The van der Waals surface area contributed by atoms with Crippen LogP contribution in [0.15, 0.2) is 36.7 Å². The minimum absolute atomic E-state index is 0.00437. The van der Waals surface area contributed by atoms with Crippen molar-refractivity contribution in [2.45, 2.75) is 27.2 Å². The number of carbonyl (C=O) groups excluding carboxylic acids is 2. The molecule has 136 valence electrons. The van der Waals surface area contributed by atoms with Crippen LogP contribution in [0.2, 0.25) is 0 Å². The Kier molecular flexibility index (Phi) is 5.35. The molecule has 1 aromatic carbocycles. The lowest BCUT2D eigenvalue weighted by Crippen LogP contribution is -2.51.